The Morgan fingerprint density at radius 3 is 2.40 bits per heavy atom. The number of rotatable bonds is 8. The van der Waals surface area contributed by atoms with Gasteiger partial charge in [0.2, 0.25) is 0 Å². The normalized spacial score (nSPS) is 18.2. The summed E-state index contributed by atoms with van der Waals surface area (Å²) in [6, 6.07) is 13.6. The van der Waals surface area contributed by atoms with Crippen LogP contribution < -0.4 is 11.0 Å². The van der Waals surface area contributed by atoms with Gasteiger partial charge < -0.3 is 19.8 Å². The highest BCUT2D eigenvalue weighted by atomic mass is 16.6. The van der Waals surface area contributed by atoms with E-state index < -0.39 is 22.8 Å². The highest BCUT2D eigenvalue weighted by Crippen LogP contribution is 2.40. The number of nitro groups is 1. The number of dihydropyridines is 1. The number of aromatic nitrogens is 2. The predicted octanol–water partition coefficient (Wildman–Crippen LogP) is 3.53. The number of esters is 2. The number of benzene rings is 2. The first-order valence-electron chi connectivity index (χ1n) is 13.8. The first kappa shape index (κ1) is 28.8. The molecule has 42 heavy (non-hydrogen) atoms. The summed E-state index contributed by atoms with van der Waals surface area (Å²) in [6.07, 6.45) is 1.57. The van der Waals surface area contributed by atoms with Crippen LogP contribution in [0.4, 0.5) is 5.69 Å². The fourth-order valence-corrected chi connectivity index (χ4v) is 5.98. The Balaban J connectivity index is 1.27. The second-order valence-corrected chi connectivity index (χ2v) is 10.5. The number of allylic oxidation sites excluding steroid dienone is 2. The van der Waals surface area contributed by atoms with Crippen molar-refractivity contribution in [1.29, 1.82) is 0 Å². The Morgan fingerprint density at radius 2 is 1.71 bits per heavy atom. The van der Waals surface area contributed by atoms with E-state index in [9.17, 15) is 24.5 Å². The maximum absolute atomic E-state index is 13.5. The van der Waals surface area contributed by atoms with E-state index in [0.717, 1.165) is 37.0 Å². The minimum absolute atomic E-state index is 0.0797. The number of non-ortho nitro benzene ring substituents is 1. The molecule has 1 fully saturated rings. The average molecular weight is 576 g/mol. The van der Waals surface area contributed by atoms with Gasteiger partial charge in [0.1, 0.15) is 6.61 Å². The number of fused-ring (bicyclic) bond motifs is 1. The molecule has 1 aromatic heterocycles. The van der Waals surface area contributed by atoms with Gasteiger partial charge in [0.25, 0.3) is 5.69 Å². The van der Waals surface area contributed by atoms with Crippen LogP contribution >= 0.6 is 0 Å². The third-order valence-corrected chi connectivity index (χ3v) is 7.99. The van der Waals surface area contributed by atoms with Crippen LogP contribution in [0, 0.1) is 10.1 Å². The van der Waals surface area contributed by atoms with Crippen LogP contribution in [-0.2, 0) is 19.1 Å². The van der Waals surface area contributed by atoms with Crippen molar-refractivity contribution >= 4 is 28.7 Å². The minimum atomic E-state index is -0.906. The van der Waals surface area contributed by atoms with E-state index in [-0.39, 0.29) is 35.2 Å². The molecule has 1 atom stereocenters. The number of carbonyl (C=O) groups excluding carboxylic acids is 2. The number of para-hydroxylation sites is 2. The number of ether oxygens (including phenoxy) is 2. The lowest BCUT2D eigenvalue weighted by Gasteiger charge is -2.33. The molecule has 220 valence electrons. The minimum Gasteiger partial charge on any atom is -0.466 e. The number of nitro benzene ring substituents is 1. The molecule has 0 saturated carbocycles. The number of piperidine rings is 1. The number of hydrogen-bond donors (Lipinski definition) is 2. The van der Waals surface area contributed by atoms with E-state index in [1.807, 2.05) is 28.8 Å². The Bertz CT molecular complexity index is 1660. The maximum atomic E-state index is 13.5. The molecule has 2 N–H and O–H groups in total. The van der Waals surface area contributed by atoms with Crippen LogP contribution in [0.1, 0.15) is 44.2 Å². The molecule has 0 bridgehead atoms. The zero-order chi connectivity index (χ0) is 30.0. The number of methoxy groups -OCH3 is 1. The molecule has 3 heterocycles. The van der Waals surface area contributed by atoms with E-state index in [1.165, 1.54) is 25.3 Å². The van der Waals surface area contributed by atoms with E-state index >= 15 is 0 Å². The van der Waals surface area contributed by atoms with Crippen molar-refractivity contribution in [3.8, 4) is 0 Å². The van der Waals surface area contributed by atoms with Crippen LogP contribution in [0.5, 0.6) is 0 Å². The monoisotopic (exact) mass is 575 g/mol. The van der Waals surface area contributed by atoms with Crippen LogP contribution in [0.25, 0.3) is 11.0 Å². The summed E-state index contributed by atoms with van der Waals surface area (Å²) in [7, 11) is 1.24. The molecule has 12 nitrogen and oxygen atoms in total. The van der Waals surface area contributed by atoms with Gasteiger partial charge in [-0.15, -0.1) is 0 Å². The van der Waals surface area contributed by atoms with Crippen molar-refractivity contribution in [3.05, 3.63) is 97.2 Å². The van der Waals surface area contributed by atoms with E-state index in [4.69, 9.17) is 9.47 Å². The van der Waals surface area contributed by atoms with Crippen molar-refractivity contribution in [1.82, 2.24) is 19.8 Å². The van der Waals surface area contributed by atoms with Gasteiger partial charge in [-0.05, 0) is 44.4 Å². The zero-order valence-electron chi connectivity index (χ0n) is 23.7. The predicted molar refractivity (Wildman–Crippen MR) is 155 cm³/mol. The summed E-state index contributed by atoms with van der Waals surface area (Å²) < 4.78 is 12.5. The molecule has 5 rings (SSSR count). The van der Waals surface area contributed by atoms with Crippen molar-refractivity contribution in [3.63, 3.8) is 0 Å². The standard InChI is InChI=1S/C30H33N5O7/c1-18-25(28(36)41-3)27(20-7-6-8-22(17-20)35(39)40)26(19(2)31-18)29(37)42-16-15-33-13-11-21(12-14-33)34-24-10-5-4-9-23(24)32-30(34)38/h4-10,17,21,27,31H,11-16H2,1-3H3,(H,32,38). The second-order valence-electron chi connectivity index (χ2n) is 10.5. The zero-order valence-corrected chi connectivity index (χ0v) is 23.7. The molecule has 2 aromatic carbocycles. The van der Waals surface area contributed by atoms with E-state index in [1.54, 1.807) is 19.9 Å². The Kier molecular flexibility index (Phi) is 8.25. The number of H-pyrrole nitrogens is 1. The van der Waals surface area contributed by atoms with Crippen molar-refractivity contribution < 1.29 is 24.0 Å². The number of imidazole rings is 1. The third-order valence-electron chi connectivity index (χ3n) is 7.99. The van der Waals surface area contributed by atoms with Crippen molar-refractivity contribution in [2.24, 2.45) is 0 Å². The molecule has 0 spiro atoms. The molecule has 0 aliphatic carbocycles. The van der Waals surface area contributed by atoms with Gasteiger partial charge in [0.15, 0.2) is 0 Å². The highest BCUT2D eigenvalue weighted by molar-refractivity contribution is 5.99. The van der Waals surface area contributed by atoms with Crippen molar-refractivity contribution in [2.45, 2.75) is 38.6 Å². The maximum Gasteiger partial charge on any atom is 0.336 e. The molecular formula is C30H33N5O7. The first-order valence-corrected chi connectivity index (χ1v) is 13.8. The first-order chi connectivity index (χ1) is 20.2. The van der Waals surface area contributed by atoms with E-state index in [0.29, 0.717) is 23.5 Å². The molecule has 0 amide bonds. The van der Waals surface area contributed by atoms with Gasteiger partial charge in [-0.25, -0.2) is 14.4 Å². The van der Waals surface area contributed by atoms with Crippen molar-refractivity contribution in [2.75, 3.05) is 33.4 Å². The number of aromatic amines is 1. The van der Waals surface area contributed by atoms with Gasteiger partial charge >= 0.3 is 17.6 Å². The number of nitrogens with zero attached hydrogens (tertiary/aromatic N) is 3. The van der Waals surface area contributed by atoms with Gasteiger partial charge in [0, 0.05) is 49.2 Å². The molecule has 3 aromatic rings. The SMILES string of the molecule is COC(=O)C1=C(C)NC(C)=C(C(=O)OCCN2CCC(n3c(=O)[nH]c4ccccc43)CC2)C1c1cccc([N+](=O)[O-])c1. The molecule has 1 unspecified atom stereocenters. The number of nitrogens with one attached hydrogen (secondary N) is 2. The number of carbonyl (C=O) groups is 2. The largest absolute Gasteiger partial charge is 0.466 e. The molecule has 2 aliphatic rings. The summed E-state index contributed by atoms with van der Waals surface area (Å²) >= 11 is 0. The highest BCUT2D eigenvalue weighted by Gasteiger charge is 2.38. The number of hydrogen-bond acceptors (Lipinski definition) is 9. The Morgan fingerprint density at radius 1 is 1.02 bits per heavy atom. The summed E-state index contributed by atoms with van der Waals surface area (Å²) in [4.78, 5) is 55.0. The van der Waals surface area contributed by atoms with Crippen LogP contribution in [0.2, 0.25) is 0 Å². The molecule has 0 radical (unpaired) electrons. The van der Waals surface area contributed by atoms with Gasteiger partial charge in [-0.2, -0.15) is 0 Å². The van der Waals surface area contributed by atoms with Gasteiger partial charge in [0.05, 0.1) is 40.1 Å². The van der Waals surface area contributed by atoms with E-state index in [2.05, 4.69) is 15.2 Å². The van der Waals surface area contributed by atoms with Crippen LogP contribution in [-0.4, -0.2) is 64.7 Å². The lowest BCUT2D eigenvalue weighted by molar-refractivity contribution is -0.384. The lowest BCUT2D eigenvalue weighted by atomic mass is 9.80. The fourth-order valence-electron chi connectivity index (χ4n) is 5.98. The molecule has 12 heteroatoms. The topological polar surface area (TPSA) is 149 Å². The fraction of sp³-hybridized carbons (Fsp3) is 0.367. The smallest absolute Gasteiger partial charge is 0.336 e. The molecule has 1 saturated heterocycles. The Hall–Kier alpha value is -4.71. The summed E-state index contributed by atoms with van der Waals surface area (Å²) in [5, 5.41) is 14.5. The average Bonchev–Trinajstić information content (AvgIpc) is 3.32. The summed E-state index contributed by atoms with van der Waals surface area (Å²) in [5.41, 5.74) is 3.22. The summed E-state index contributed by atoms with van der Waals surface area (Å²) in [6.45, 7) is 5.49. The van der Waals surface area contributed by atoms with Gasteiger partial charge in [-0.3, -0.25) is 19.6 Å². The van der Waals surface area contributed by atoms with Gasteiger partial charge in [-0.1, -0.05) is 24.3 Å². The number of likely N-dealkylation sites (tertiary alicyclic amines) is 1. The third kappa shape index (κ3) is 5.57. The molecule has 2 aliphatic heterocycles. The Labute approximate surface area is 241 Å². The van der Waals surface area contributed by atoms with Crippen LogP contribution in [0.3, 0.4) is 0 Å². The summed E-state index contributed by atoms with van der Waals surface area (Å²) in [5.74, 6) is -2.17. The lowest BCUT2D eigenvalue weighted by Crippen LogP contribution is -2.39. The van der Waals surface area contributed by atoms with Crippen LogP contribution in [0.15, 0.2) is 75.9 Å². The quantitative estimate of drug-likeness (QED) is 0.234. The second kappa shape index (κ2) is 12.0. The molecular weight excluding hydrogens is 542 g/mol.